The van der Waals surface area contributed by atoms with Crippen molar-refractivity contribution in [3.63, 3.8) is 0 Å². The number of rotatable bonds is 3. The molecule has 90 valence electrons. The van der Waals surface area contributed by atoms with E-state index in [1.807, 2.05) is 25.1 Å². The van der Waals surface area contributed by atoms with Gasteiger partial charge < -0.3 is 14.2 Å². The molecule has 0 spiro atoms. The lowest BCUT2D eigenvalue weighted by Crippen LogP contribution is -1.94. The lowest BCUT2D eigenvalue weighted by atomic mass is 10.1. The van der Waals surface area contributed by atoms with Crippen molar-refractivity contribution in [1.29, 1.82) is 0 Å². The fourth-order valence-corrected chi connectivity index (χ4v) is 1.82. The fraction of sp³-hybridized carbons (Fsp3) is 0.308. The average Bonchev–Trinajstić information content (AvgIpc) is 2.35. The summed E-state index contributed by atoms with van der Waals surface area (Å²) >= 11 is 0. The minimum atomic E-state index is 0.667. The van der Waals surface area contributed by atoms with Gasteiger partial charge in [-0.2, -0.15) is 0 Å². The van der Waals surface area contributed by atoms with E-state index in [0.717, 1.165) is 22.3 Å². The molecule has 2 rings (SSSR count). The van der Waals surface area contributed by atoms with E-state index in [9.17, 15) is 0 Å². The third-order valence-corrected chi connectivity index (χ3v) is 2.62. The monoisotopic (exact) mass is 233 g/mol. The molecule has 0 bridgehead atoms. The number of aromatic nitrogens is 1. The Hall–Kier alpha value is -1.97. The van der Waals surface area contributed by atoms with E-state index in [0.29, 0.717) is 11.5 Å². The normalized spacial score (nSPS) is 10.4. The largest absolute Gasteiger partial charge is 0.496 e. The highest BCUT2D eigenvalue weighted by Crippen LogP contribution is 2.35. The number of aryl methyl sites for hydroxylation is 1. The van der Waals surface area contributed by atoms with Crippen LogP contribution >= 0.6 is 0 Å². The van der Waals surface area contributed by atoms with Crippen molar-refractivity contribution in [2.45, 2.75) is 6.92 Å². The number of hydrogen-bond acceptors (Lipinski definition) is 4. The van der Waals surface area contributed by atoms with Gasteiger partial charge in [0.2, 0.25) is 0 Å². The Labute approximate surface area is 100 Å². The molecular weight excluding hydrogens is 218 g/mol. The van der Waals surface area contributed by atoms with Crippen LogP contribution in [0.2, 0.25) is 0 Å². The summed E-state index contributed by atoms with van der Waals surface area (Å²) in [6.45, 7) is 1.93. The van der Waals surface area contributed by atoms with E-state index in [1.165, 1.54) is 0 Å². The molecule has 0 aliphatic heterocycles. The van der Waals surface area contributed by atoms with Gasteiger partial charge in [0.15, 0.2) is 11.5 Å². The van der Waals surface area contributed by atoms with Gasteiger partial charge in [-0.15, -0.1) is 0 Å². The van der Waals surface area contributed by atoms with Crippen LogP contribution in [0.4, 0.5) is 0 Å². The van der Waals surface area contributed by atoms with Gasteiger partial charge in [0.1, 0.15) is 5.75 Å². The van der Waals surface area contributed by atoms with Crippen LogP contribution < -0.4 is 14.2 Å². The number of benzene rings is 1. The van der Waals surface area contributed by atoms with E-state index < -0.39 is 0 Å². The van der Waals surface area contributed by atoms with Crippen LogP contribution in [0.3, 0.4) is 0 Å². The highest BCUT2D eigenvalue weighted by Gasteiger charge is 2.10. The smallest absolute Gasteiger partial charge is 0.162 e. The molecule has 0 saturated carbocycles. The lowest BCUT2D eigenvalue weighted by Gasteiger charge is -2.11. The highest BCUT2D eigenvalue weighted by atomic mass is 16.5. The summed E-state index contributed by atoms with van der Waals surface area (Å²) in [4.78, 5) is 4.45. The minimum Gasteiger partial charge on any atom is -0.496 e. The molecule has 0 fully saturated rings. The van der Waals surface area contributed by atoms with Gasteiger partial charge in [-0.1, -0.05) is 0 Å². The second kappa shape index (κ2) is 4.49. The maximum Gasteiger partial charge on any atom is 0.162 e. The van der Waals surface area contributed by atoms with Gasteiger partial charge in [-0.25, -0.2) is 0 Å². The van der Waals surface area contributed by atoms with Crippen LogP contribution in [0.5, 0.6) is 17.2 Å². The molecule has 0 saturated heterocycles. The first kappa shape index (κ1) is 11.5. The predicted octanol–water partition coefficient (Wildman–Crippen LogP) is 2.57. The van der Waals surface area contributed by atoms with Crippen LogP contribution in [-0.2, 0) is 0 Å². The number of hydrogen-bond donors (Lipinski definition) is 0. The average molecular weight is 233 g/mol. The summed E-state index contributed by atoms with van der Waals surface area (Å²) in [5.74, 6) is 2.12. The molecule has 1 heterocycles. The van der Waals surface area contributed by atoms with Crippen LogP contribution in [0, 0.1) is 6.92 Å². The molecule has 2 aromatic rings. The summed E-state index contributed by atoms with van der Waals surface area (Å²) in [6, 6.07) is 5.62. The molecule has 17 heavy (non-hydrogen) atoms. The first-order chi connectivity index (χ1) is 8.19. The number of ether oxygens (including phenoxy) is 3. The minimum absolute atomic E-state index is 0.667. The third kappa shape index (κ3) is 1.98. The number of methoxy groups -OCH3 is 3. The Morgan fingerprint density at radius 1 is 0.824 bits per heavy atom. The second-order valence-corrected chi connectivity index (χ2v) is 3.69. The van der Waals surface area contributed by atoms with Crippen molar-refractivity contribution in [2.75, 3.05) is 21.3 Å². The Morgan fingerprint density at radius 3 is 2.00 bits per heavy atom. The standard InChI is InChI=1S/C13H15NO3/c1-8-5-11(15-2)9-6-12(16-3)13(17-4)7-10(9)14-8/h5-7H,1-4H3. The summed E-state index contributed by atoms with van der Waals surface area (Å²) in [5, 5.41) is 0.913. The number of pyridine rings is 1. The van der Waals surface area contributed by atoms with Gasteiger partial charge >= 0.3 is 0 Å². The molecule has 1 aromatic carbocycles. The Balaban J connectivity index is 2.77. The van der Waals surface area contributed by atoms with Crippen molar-refractivity contribution in [1.82, 2.24) is 4.98 Å². The zero-order chi connectivity index (χ0) is 12.4. The van der Waals surface area contributed by atoms with E-state index in [2.05, 4.69) is 4.98 Å². The Morgan fingerprint density at radius 2 is 1.41 bits per heavy atom. The van der Waals surface area contributed by atoms with Crippen LogP contribution in [0.1, 0.15) is 5.69 Å². The lowest BCUT2D eigenvalue weighted by molar-refractivity contribution is 0.355. The molecule has 4 nitrogen and oxygen atoms in total. The summed E-state index contributed by atoms with van der Waals surface area (Å²) in [5.41, 5.74) is 1.74. The molecule has 0 amide bonds. The van der Waals surface area contributed by atoms with Gasteiger partial charge in [0, 0.05) is 23.2 Å². The Kier molecular flexibility index (Phi) is 3.04. The molecular formula is C13H15NO3. The van der Waals surface area contributed by atoms with Gasteiger partial charge in [0.05, 0.1) is 26.8 Å². The van der Waals surface area contributed by atoms with Gasteiger partial charge in [-0.05, 0) is 13.0 Å². The topological polar surface area (TPSA) is 40.6 Å². The zero-order valence-corrected chi connectivity index (χ0v) is 10.4. The highest BCUT2D eigenvalue weighted by molar-refractivity contribution is 5.88. The fourth-order valence-electron chi connectivity index (χ4n) is 1.82. The van der Waals surface area contributed by atoms with E-state index >= 15 is 0 Å². The second-order valence-electron chi connectivity index (χ2n) is 3.69. The van der Waals surface area contributed by atoms with Crippen LogP contribution in [0.25, 0.3) is 10.9 Å². The molecule has 4 heteroatoms. The van der Waals surface area contributed by atoms with Gasteiger partial charge in [-0.3, -0.25) is 4.98 Å². The zero-order valence-electron chi connectivity index (χ0n) is 10.4. The quantitative estimate of drug-likeness (QED) is 0.817. The maximum absolute atomic E-state index is 5.34. The maximum atomic E-state index is 5.34. The number of fused-ring (bicyclic) bond motifs is 1. The van der Waals surface area contributed by atoms with Gasteiger partial charge in [0.25, 0.3) is 0 Å². The van der Waals surface area contributed by atoms with Crippen molar-refractivity contribution >= 4 is 10.9 Å². The first-order valence-corrected chi connectivity index (χ1v) is 5.27. The van der Waals surface area contributed by atoms with Crippen molar-refractivity contribution in [3.05, 3.63) is 23.9 Å². The van der Waals surface area contributed by atoms with Crippen molar-refractivity contribution in [2.24, 2.45) is 0 Å². The summed E-state index contributed by atoms with van der Waals surface area (Å²) in [6.07, 6.45) is 0. The Bertz CT molecular complexity index is 552. The number of nitrogens with zero attached hydrogens (tertiary/aromatic N) is 1. The first-order valence-electron chi connectivity index (χ1n) is 5.27. The molecule has 0 N–H and O–H groups in total. The predicted molar refractivity (Wildman–Crippen MR) is 66.1 cm³/mol. The molecule has 0 aliphatic carbocycles. The van der Waals surface area contributed by atoms with Crippen molar-refractivity contribution in [3.8, 4) is 17.2 Å². The molecule has 0 aliphatic rings. The van der Waals surface area contributed by atoms with Crippen LogP contribution in [0.15, 0.2) is 18.2 Å². The molecule has 1 aromatic heterocycles. The molecule has 0 atom stereocenters. The summed E-state index contributed by atoms with van der Waals surface area (Å²) in [7, 11) is 4.86. The van der Waals surface area contributed by atoms with E-state index in [-0.39, 0.29) is 0 Å². The van der Waals surface area contributed by atoms with Crippen molar-refractivity contribution < 1.29 is 14.2 Å². The SMILES string of the molecule is COc1cc2nc(C)cc(OC)c2cc1OC. The third-order valence-electron chi connectivity index (χ3n) is 2.62. The van der Waals surface area contributed by atoms with Crippen LogP contribution in [-0.4, -0.2) is 26.3 Å². The summed E-state index contributed by atoms with van der Waals surface area (Å²) < 4.78 is 15.9. The molecule has 0 radical (unpaired) electrons. The van der Waals surface area contributed by atoms with E-state index in [1.54, 1.807) is 21.3 Å². The molecule has 0 unspecified atom stereocenters. The van der Waals surface area contributed by atoms with E-state index in [4.69, 9.17) is 14.2 Å².